The van der Waals surface area contributed by atoms with Gasteiger partial charge in [0.2, 0.25) is 0 Å². The number of carbonyl (C=O) groups excluding carboxylic acids is 3. The summed E-state index contributed by atoms with van der Waals surface area (Å²) in [5.74, 6) is -3.24. The van der Waals surface area contributed by atoms with Crippen LogP contribution in [0.3, 0.4) is 0 Å². The zero-order chi connectivity index (χ0) is 16.3. The highest BCUT2D eigenvalue weighted by Gasteiger charge is 2.48. The second kappa shape index (κ2) is 6.74. The molecule has 2 unspecified atom stereocenters. The van der Waals surface area contributed by atoms with Gasteiger partial charge < -0.3 is 14.2 Å². The van der Waals surface area contributed by atoms with Gasteiger partial charge in [0.15, 0.2) is 11.7 Å². The third-order valence-electron chi connectivity index (χ3n) is 3.39. The Morgan fingerprint density at radius 2 is 1.67 bits per heavy atom. The lowest BCUT2D eigenvalue weighted by molar-refractivity contribution is -0.158. The van der Waals surface area contributed by atoms with E-state index in [1.54, 1.807) is 13.8 Å². The van der Waals surface area contributed by atoms with Crippen molar-refractivity contribution in [1.82, 2.24) is 0 Å². The van der Waals surface area contributed by atoms with E-state index in [0.29, 0.717) is 0 Å². The third-order valence-corrected chi connectivity index (χ3v) is 3.39. The number of ketones is 1. The molecule has 0 fully saturated rings. The van der Waals surface area contributed by atoms with Crippen LogP contribution in [0.25, 0.3) is 0 Å². The predicted octanol–water partition coefficient (Wildman–Crippen LogP) is 1.48. The molecule has 1 aliphatic rings. The lowest BCUT2D eigenvalue weighted by Gasteiger charge is -2.35. The van der Waals surface area contributed by atoms with Gasteiger partial charge in [-0.15, -0.1) is 0 Å². The van der Waals surface area contributed by atoms with E-state index >= 15 is 0 Å². The minimum absolute atomic E-state index is 0.0917. The largest absolute Gasteiger partial charge is 0.492 e. The summed E-state index contributed by atoms with van der Waals surface area (Å²) in [6, 6.07) is 0. The number of hydrogen-bond donors (Lipinski definition) is 0. The van der Waals surface area contributed by atoms with E-state index in [1.165, 1.54) is 14.2 Å². The first-order chi connectivity index (χ1) is 9.76. The molecular weight excluding hydrogens is 276 g/mol. The lowest BCUT2D eigenvalue weighted by atomic mass is 9.82. The molecule has 2 atom stereocenters. The van der Waals surface area contributed by atoms with Crippen molar-refractivity contribution < 1.29 is 28.6 Å². The second-order valence-electron chi connectivity index (χ2n) is 5.58. The molecule has 0 aromatic carbocycles. The van der Waals surface area contributed by atoms with Crippen LogP contribution in [-0.2, 0) is 28.6 Å². The molecule has 0 saturated heterocycles. The molecule has 0 N–H and O–H groups in total. The van der Waals surface area contributed by atoms with Crippen molar-refractivity contribution in [2.75, 3.05) is 14.2 Å². The summed E-state index contributed by atoms with van der Waals surface area (Å²) in [6.07, 6.45) is -0.657. The zero-order valence-corrected chi connectivity index (χ0v) is 13.3. The molecule has 0 radical (unpaired) electrons. The zero-order valence-electron chi connectivity index (χ0n) is 13.3. The van der Waals surface area contributed by atoms with Crippen molar-refractivity contribution in [2.45, 2.75) is 33.8 Å². The summed E-state index contributed by atoms with van der Waals surface area (Å²) in [7, 11) is 2.38. The van der Waals surface area contributed by atoms with Gasteiger partial charge in [-0.05, 0) is 5.92 Å². The molecule has 0 spiro atoms. The summed E-state index contributed by atoms with van der Waals surface area (Å²) in [5.41, 5.74) is -0.195. The number of allylic oxidation sites excluding steroid dienone is 1. The van der Waals surface area contributed by atoms with Gasteiger partial charge in [-0.3, -0.25) is 9.59 Å². The Labute approximate surface area is 124 Å². The van der Waals surface area contributed by atoms with Crippen LogP contribution in [-0.4, -0.2) is 38.0 Å². The van der Waals surface area contributed by atoms with Crippen molar-refractivity contribution in [3.63, 3.8) is 0 Å². The lowest BCUT2D eigenvalue weighted by Crippen LogP contribution is -2.47. The van der Waals surface area contributed by atoms with Crippen LogP contribution in [0.1, 0.15) is 27.7 Å². The highest BCUT2D eigenvalue weighted by Crippen LogP contribution is 2.34. The van der Waals surface area contributed by atoms with Crippen molar-refractivity contribution in [2.24, 2.45) is 17.8 Å². The maximum atomic E-state index is 12.6. The Balaban J connectivity index is 3.42. The van der Waals surface area contributed by atoms with Crippen LogP contribution in [0.4, 0.5) is 0 Å². The topological polar surface area (TPSA) is 78.9 Å². The third kappa shape index (κ3) is 3.25. The van der Waals surface area contributed by atoms with Crippen LogP contribution in [0.15, 0.2) is 11.3 Å². The van der Waals surface area contributed by atoms with Gasteiger partial charge in [-0.1, -0.05) is 27.7 Å². The summed E-state index contributed by atoms with van der Waals surface area (Å²) in [5, 5.41) is 0. The first-order valence-electron chi connectivity index (χ1n) is 6.87. The second-order valence-corrected chi connectivity index (χ2v) is 5.58. The number of hydrogen-bond acceptors (Lipinski definition) is 6. The van der Waals surface area contributed by atoms with Gasteiger partial charge >= 0.3 is 11.9 Å². The number of carbonyl (C=O) groups is 3. The summed E-state index contributed by atoms with van der Waals surface area (Å²) < 4.78 is 15.1. The molecular formula is C15H22O6. The van der Waals surface area contributed by atoms with Crippen molar-refractivity contribution in [1.29, 1.82) is 0 Å². The van der Waals surface area contributed by atoms with Gasteiger partial charge in [0, 0.05) is 5.92 Å². The van der Waals surface area contributed by atoms with Gasteiger partial charge in [0.25, 0.3) is 0 Å². The van der Waals surface area contributed by atoms with Crippen LogP contribution in [0, 0.1) is 17.8 Å². The van der Waals surface area contributed by atoms with Gasteiger partial charge in [-0.2, -0.15) is 0 Å². The molecule has 0 aromatic rings. The number of ether oxygens (including phenoxy) is 3. The molecule has 118 valence electrons. The highest BCUT2D eigenvalue weighted by molar-refractivity contribution is 6.23. The minimum Gasteiger partial charge on any atom is -0.492 e. The average molecular weight is 298 g/mol. The first-order valence-corrected chi connectivity index (χ1v) is 6.87. The number of esters is 2. The number of Topliss-reactive ketones (excluding diaryl/α,β-unsaturated/α-hetero) is 1. The standard InChI is InChI=1S/C15H22O6/c1-7(2)12-9(14(17)19-5)11(16)10(15(18)20-6)13(21-12)8(3)4/h7-9,12H,1-6H3. The summed E-state index contributed by atoms with van der Waals surface area (Å²) in [4.78, 5) is 36.4. The quantitative estimate of drug-likeness (QED) is 0.444. The van der Waals surface area contributed by atoms with E-state index in [4.69, 9.17) is 4.74 Å². The van der Waals surface area contributed by atoms with Gasteiger partial charge in [-0.25, -0.2) is 4.79 Å². The molecule has 6 nitrogen and oxygen atoms in total. The molecule has 0 amide bonds. The predicted molar refractivity (Wildman–Crippen MR) is 74.1 cm³/mol. The van der Waals surface area contributed by atoms with E-state index < -0.39 is 29.7 Å². The Hall–Kier alpha value is -1.85. The van der Waals surface area contributed by atoms with Crippen molar-refractivity contribution in [3.8, 4) is 0 Å². The van der Waals surface area contributed by atoms with E-state index in [2.05, 4.69) is 9.47 Å². The monoisotopic (exact) mass is 298 g/mol. The summed E-state index contributed by atoms with van der Waals surface area (Å²) >= 11 is 0. The average Bonchev–Trinajstić information content (AvgIpc) is 2.44. The van der Waals surface area contributed by atoms with Crippen LogP contribution >= 0.6 is 0 Å². The fraction of sp³-hybridized carbons (Fsp3) is 0.667. The Morgan fingerprint density at radius 3 is 2.05 bits per heavy atom. The van der Waals surface area contributed by atoms with Crippen LogP contribution < -0.4 is 0 Å². The number of methoxy groups -OCH3 is 2. The maximum absolute atomic E-state index is 12.6. The molecule has 0 saturated carbocycles. The number of rotatable bonds is 4. The fourth-order valence-electron chi connectivity index (χ4n) is 2.32. The van der Waals surface area contributed by atoms with Crippen molar-refractivity contribution in [3.05, 3.63) is 11.3 Å². The Bertz CT molecular complexity index is 475. The van der Waals surface area contributed by atoms with E-state index in [0.717, 1.165) is 0 Å². The molecule has 0 aliphatic carbocycles. The molecule has 6 heteroatoms. The smallest absolute Gasteiger partial charge is 0.345 e. The Morgan fingerprint density at radius 1 is 1.10 bits per heavy atom. The SMILES string of the molecule is COC(=O)C1=C(C(C)C)OC(C(C)C)C(C(=O)OC)C1=O. The molecule has 0 aromatic heterocycles. The first kappa shape index (κ1) is 17.2. The van der Waals surface area contributed by atoms with Crippen molar-refractivity contribution >= 4 is 17.7 Å². The molecule has 1 heterocycles. The highest BCUT2D eigenvalue weighted by atomic mass is 16.5. The van der Waals surface area contributed by atoms with Gasteiger partial charge in [0.05, 0.1) is 14.2 Å². The van der Waals surface area contributed by atoms with E-state index in [-0.39, 0.29) is 23.2 Å². The summed E-state index contributed by atoms with van der Waals surface area (Å²) in [6.45, 7) is 7.30. The van der Waals surface area contributed by atoms with E-state index in [9.17, 15) is 14.4 Å². The van der Waals surface area contributed by atoms with Crippen LogP contribution in [0.5, 0.6) is 0 Å². The van der Waals surface area contributed by atoms with Crippen LogP contribution in [0.2, 0.25) is 0 Å². The molecule has 1 aliphatic heterocycles. The molecule has 21 heavy (non-hydrogen) atoms. The maximum Gasteiger partial charge on any atom is 0.345 e. The molecule has 0 bridgehead atoms. The Kier molecular flexibility index (Phi) is 5.52. The van der Waals surface area contributed by atoms with E-state index in [1.807, 2.05) is 13.8 Å². The molecule has 1 rings (SSSR count). The minimum atomic E-state index is -1.15. The fourth-order valence-corrected chi connectivity index (χ4v) is 2.32. The normalized spacial score (nSPS) is 22.4. The van der Waals surface area contributed by atoms with Gasteiger partial charge in [0.1, 0.15) is 17.4 Å².